The Kier molecular flexibility index (Phi) is 3.85. The summed E-state index contributed by atoms with van der Waals surface area (Å²) in [5.74, 6) is -0.866. The fourth-order valence-electron chi connectivity index (χ4n) is 0.952. The number of benzene rings is 1. The SMILES string of the molecule is C[C@@H](NC(=O)c1ccc(Br)cc1)C(N)=O. The molecule has 0 heterocycles. The number of carbonyl (C=O) groups excluding carboxylic acids is 2. The summed E-state index contributed by atoms with van der Waals surface area (Å²) in [6.45, 7) is 1.54. The smallest absolute Gasteiger partial charge is 0.251 e. The van der Waals surface area contributed by atoms with Crippen LogP contribution in [-0.4, -0.2) is 17.9 Å². The Morgan fingerprint density at radius 1 is 1.33 bits per heavy atom. The fourth-order valence-corrected chi connectivity index (χ4v) is 1.22. The van der Waals surface area contributed by atoms with Crippen molar-refractivity contribution in [2.75, 3.05) is 0 Å². The van der Waals surface area contributed by atoms with E-state index in [0.29, 0.717) is 5.56 Å². The molecule has 0 bridgehead atoms. The molecule has 0 fully saturated rings. The zero-order valence-electron chi connectivity index (χ0n) is 8.16. The van der Waals surface area contributed by atoms with E-state index >= 15 is 0 Å². The Morgan fingerprint density at radius 3 is 2.33 bits per heavy atom. The average molecular weight is 271 g/mol. The van der Waals surface area contributed by atoms with Gasteiger partial charge in [-0.3, -0.25) is 9.59 Å². The minimum absolute atomic E-state index is 0.311. The van der Waals surface area contributed by atoms with Crippen LogP contribution in [0.1, 0.15) is 17.3 Å². The first kappa shape index (κ1) is 11.7. The highest BCUT2D eigenvalue weighted by atomic mass is 79.9. The highest BCUT2D eigenvalue weighted by Gasteiger charge is 2.13. The van der Waals surface area contributed by atoms with Gasteiger partial charge in [0, 0.05) is 10.0 Å². The second-order valence-electron chi connectivity index (χ2n) is 3.10. The van der Waals surface area contributed by atoms with E-state index in [9.17, 15) is 9.59 Å². The van der Waals surface area contributed by atoms with Gasteiger partial charge in [0.05, 0.1) is 0 Å². The predicted molar refractivity (Wildman–Crippen MR) is 60.3 cm³/mol. The Hall–Kier alpha value is -1.36. The molecule has 0 aliphatic heterocycles. The topological polar surface area (TPSA) is 72.2 Å². The van der Waals surface area contributed by atoms with Crippen LogP contribution in [0.25, 0.3) is 0 Å². The molecule has 0 spiro atoms. The van der Waals surface area contributed by atoms with Gasteiger partial charge in [-0.1, -0.05) is 15.9 Å². The van der Waals surface area contributed by atoms with E-state index in [1.807, 2.05) is 0 Å². The Labute approximate surface area is 96.0 Å². The number of carbonyl (C=O) groups is 2. The molecule has 0 radical (unpaired) electrons. The summed E-state index contributed by atoms with van der Waals surface area (Å²) in [6, 6.07) is 6.16. The number of primary amides is 1. The molecule has 0 aliphatic rings. The van der Waals surface area contributed by atoms with Crippen molar-refractivity contribution in [3.05, 3.63) is 34.3 Å². The van der Waals surface area contributed by atoms with Gasteiger partial charge >= 0.3 is 0 Å². The van der Waals surface area contributed by atoms with Crippen molar-refractivity contribution in [2.24, 2.45) is 5.73 Å². The normalized spacial score (nSPS) is 11.9. The molecule has 0 saturated heterocycles. The zero-order chi connectivity index (χ0) is 11.4. The van der Waals surface area contributed by atoms with Crippen molar-refractivity contribution in [1.82, 2.24) is 5.32 Å². The van der Waals surface area contributed by atoms with E-state index in [0.717, 1.165) is 4.47 Å². The molecule has 1 aromatic carbocycles. The molecule has 3 N–H and O–H groups in total. The Morgan fingerprint density at radius 2 is 1.87 bits per heavy atom. The molecule has 1 atom stereocenters. The number of hydrogen-bond donors (Lipinski definition) is 2. The quantitative estimate of drug-likeness (QED) is 0.862. The van der Waals surface area contributed by atoms with Crippen molar-refractivity contribution in [2.45, 2.75) is 13.0 Å². The number of rotatable bonds is 3. The Balaban J connectivity index is 2.69. The van der Waals surface area contributed by atoms with Crippen molar-refractivity contribution < 1.29 is 9.59 Å². The third kappa shape index (κ3) is 3.36. The van der Waals surface area contributed by atoms with Crippen molar-refractivity contribution in [3.63, 3.8) is 0 Å². The summed E-state index contributed by atoms with van der Waals surface area (Å²) in [6.07, 6.45) is 0. The molecule has 5 heteroatoms. The largest absolute Gasteiger partial charge is 0.368 e. The minimum Gasteiger partial charge on any atom is -0.368 e. The monoisotopic (exact) mass is 270 g/mol. The average Bonchev–Trinajstić information content (AvgIpc) is 2.18. The van der Waals surface area contributed by atoms with Crippen molar-refractivity contribution in [3.8, 4) is 0 Å². The summed E-state index contributed by atoms with van der Waals surface area (Å²) < 4.78 is 0.891. The van der Waals surface area contributed by atoms with Gasteiger partial charge in [-0.25, -0.2) is 0 Å². The molecular weight excluding hydrogens is 260 g/mol. The molecule has 80 valence electrons. The lowest BCUT2D eigenvalue weighted by Gasteiger charge is -2.09. The summed E-state index contributed by atoms with van der Waals surface area (Å²) in [5, 5.41) is 2.49. The molecule has 0 aliphatic carbocycles. The number of nitrogens with two attached hydrogens (primary N) is 1. The van der Waals surface area contributed by atoms with Crippen LogP contribution in [0.15, 0.2) is 28.7 Å². The van der Waals surface area contributed by atoms with Crippen LogP contribution in [0.5, 0.6) is 0 Å². The van der Waals surface area contributed by atoms with E-state index in [1.54, 1.807) is 31.2 Å². The van der Waals surface area contributed by atoms with E-state index in [-0.39, 0.29) is 5.91 Å². The third-order valence-electron chi connectivity index (χ3n) is 1.88. The van der Waals surface area contributed by atoms with Gasteiger partial charge in [0.1, 0.15) is 6.04 Å². The molecule has 1 rings (SSSR count). The van der Waals surface area contributed by atoms with Crippen LogP contribution in [0.4, 0.5) is 0 Å². The second-order valence-corrected chi connectivity index (χ2v) is 4.02. The number of halogens is 1. The second kappa shape index (κ2) is 4.93. The summed E-state index contributed by atoms with van der Waals surface area (Å²) in [4.78, 5) is 22.3. The summed E-state index contributed by atoms with van der Waals surface area (Å²) in [7, 11) is 0. The highest BCUT2D eigenvalue weighted by molar-refractivity contribution is 9.10. The third-order valence-corrected chi connectivity index (χ3v) is 2.41. The predicted octanol–water partition coefficient (Wildman–Crippen LogP) is 1.05. The maximum absolute atomic E-state index is 11.5. The van der Waals surface area contributed by atoms with Gasteiger partial charge in [0.15, 0.2) is 0 Å². The molecule has 0 unspecified atom stereocenters. The zero-order valence-corrected chi connectivity index (χ0v) is 9.74. The molecule has 2 amide bonds. The lowest BCUT2D eigenvalue weighted by molar-refractivity contribution is -0.119. The van der Waals surface area contributed by atoms with E-state index in [2.05, 4.69) is 21.2 Å². The van der Waals surface area contributed by atoms with Gasteiger partial charge in [-0.15, -0.1) is 0 Å². The molecule has 0 saturated carbocycles. The van der Waals surface area contributed by atoms with Gasteiger partial charge in [-0.2, -0.15) is 0 Å². The fraction of sp³-hybridized carbons (Fsp3) is 0.200. The van der Waals surface area contributed by atoms with Crippen molar-refractivity contribution >= 4 is 27.7 Å². The first-order valence-corrected chi connectivity index (χ1v) is 5.15. The lowest BCUT2D eigenvalue weighted by atomic mass is 10.2. The standard InChI is InChI=1S/C10H11BrN2O2/c1-6(9(12)14)13-10(15)7-2-4-8(11)5-3-7/h2-6H,1H3,(H2,12,14)(H,13,15)/t6-/m1/s1. The van der Waals surface area contributed by atoms with E-state index in [4.69, 9.17) is 5.73 Å². The van der Waals surface area contributed by atoms with Gasteiger partial charge in [0.2, 0.25) is 5.91 Å². The van der Waals surface area contributed by atoms with Gasteiger partial charge in [0.25, 0.3) is 5.91 Å². The minimum atomic E-state index is -0.666. The van der Waals surface area contributed by atoms with E-state index < -0.39 is 11.9 Å². The van der Waals surface area contributed by atoms with Crippen LogP contribution < -0.4 is 11.1 Å². The van der Waals surface area contributed by atoms with Gasteiger partial charge in [-0.05, 0) is 31.2 Å². The van der Waals surface area contributed by atoms with Crippen molar-refractivity contribution in [1.29, 1.82) is 0 Å². The highest BCUT2D eigenvalue weighted by Crippen LogP contribution is 2.10. The molecule has 15 heavy (non-hydrogen) atoms. The van der Waals surface area contributed by atoms with Crippen LogP contribution in [0.2, 0.25) is 0 Å². The van der Waals surface area contributed by atoms with Crippen LogP contribution >= 0.6 is 15.9 Å². The van der Waals surface area contributed by atoms with Crippen LogP contribution in [-0.2, 0) is 4.79 Å². The van der Waals surface area contributed by atoms with Crippen LogP contribution in [0, 0.1) is 0 Å². The lowest BCUT2D eigenvalue weighted by Crippen LogP contribution is -2.42. The summed E-state index contributed by atoms with van der Waals surface area (Å²) in [5.41, 5.74) is 5.52. The van der Waals surface area contributed by atoms with E-state index in [1.165, 1.54) is 0 Å². The first-order valence-electron chi connectivity index (χ1n) is 4.36. The molecule has 4 nitrogen and oxygen atoms in total. The maximum atomic E-state index is 11.5. The maximum Gasteiger partial charge on any atom is 0.251 e. The van der Waals surface area contributed by atoms with Crippen LogP contribution in [0.3, 0.4) is 0 Å². The number of hydrogen-bond acceptors (Lipinski definition) is 2. The summed E-state index contributed by atoms with van der Waals surface area (Å²) >= 11 is 3.26. The number of nitrogens with one attached hydrogen (secondary N) is 1. The van der Waals surface area contributed by atoms with Gasteiger partial charge < -0.3 is 11.1 Å². The Bertz CT molecular complexity index is 376. The first-order chi connectivity index (χ1) is 7.00. The molecular formula is C10H11BrN2O2. The molecule has 1 aromatic rings. The number of amides is 2. The molecule has 0 aromatic heterocycles.